The van der Waals surface area contributed by atoms with Gasteiger partial charge in [-0.2, -0.15) is 0 Å². The van der Waals surface area contributed by atoms with Gasteiger partial charge in [0.1, 0.15) is 5.56 Å². The largest absolute Gasteiger partial charge is 0.477 e. The maximum absolute atomic E-state index is 11.0. The van der Waals surface area contributed by atoms with Gasteiger partial charge in [-0.15, -0.1) is 11.3 Å². The number of carbonyl (C=O) groups is 1. The SMILES string of the molecule is O=C(O)c1cc(NCc2cscn2)ccc1[N+](=O)[O-]. The number of nitrogens with one attached hydrogen (secondary N) is 1. The van der Waals surface area contributed by atoms with Crippen molar-refractivity contribution in [1.82, 2.24) is 4.98 Å². The van der Waals surface area contributed by atoms with E-state index in [2.05, 4.69) is 10.3 Å². The summed E-state index contributed by atoms with van der Waals surface area (Å²) in [4.78, 5) is 25.0. The summed E-state index contributed by atoms with van der Waals surface area (Å²) in [7, 11) is 0. The van der Waals surface area contributed by atoms with E-state index in [0.717, 1.165) is 5.69 Å². The molecule has 7 nitrogen and oxygen atoms in total. The smallest absolute Gasteiger partial charge is 0.342 e. The fraction of sp³-hybridized carbons (Fsp3) is 0.0909. The number of hydrogen-bond donors (Lipinski definition) is 2. The zero-order chi connectivity index (χ0) is 13.8. The number of nitrogens with zero attached hydrogens (tertiary/aromatic N) is 2. The third kappa shape index (κ3) is 3.05. The number of thiazole rings is 1. The molecule has 0 aliphatic heterocycles. The molecule has 0 fully saturated rings. The second-order valence-electron chi connectivity index (χ2n) is 3.63. The third-order valence-corrected chi connectivity index (χ3v) is 3.02. The summed E-state index contributed by atoms with van der Waals surface area (Å²) >= 11 is 1.45. The normalized spacial score (nSPS) is 10.1. The minimum absolute atomic E-state index is 0.340. The zero-order valence-electron chi connectivity index (χ0n) is 9.57. The molecule has 0 aliphatic rings. The Hall–Kier alpha value is -2.48. The lowest BCUT2D eigenvalue weighted by Crippen LogP contribution is -2.05. The molecule has 0 amide bonds. The molecule has 1 heterocycles. The van der Waals surface area contributed by atoms with Crippen LogP contribution in [0.5, 0.6) is 0 Å². The van der Waals surface area contributed by atoms with Crippen LogP contribution in [-0.4, -0.2) is 21.0 Å². The molecule has 0 unspecified atom stereocenters. The summed E-state index contributed by atoms with van der Waals surface area (Å²) in [6.07, 6.45) is 0. The number of anilines is 1. The Morgan fingerprint density at radius 2 is 2.32 bits per heavy atom. The topological polar surface area (TPSA) is 105 Å². The van der Waals surface area contributed by atoms with Crippen LogP contribution in [0.1, 0.15) is 16.1 Å². The predicted molar refractivity (Wildman–Crippen MR) is 69.5 cm³/mol. The second kappa shape index (κ2) is 5.44. The Labute approximate surface area is 111 Å². The van der Waals surface area contributed by atoms with Crippen LogP contribution in [0.4, 0.5) is 11.4 Å². The van der Waals surface area contributed by atoms with Crippen LogP contribution >= 0.6 is 11.3 Å². The zero-order valence-corrected chi connectivity index (χ0v) is 10.4. The molecule has 2 aromatic rings. The molecule has 0 spiro atoms. The highest BCUT2D eigenvalue weighted by molar-refractivity contribution is 7.07. The number of aromatic carboxylic acids is 1. The van der Waals surface area contributed by atoms with Crippen molar-refractivity contribution in [3.63, 3.8) is 0 Å². The second-order valence-corrected chi connectivity index (χ2v) is 4.35. The van der Waals surface area contributed by atoms with E-state index >= 15 is 0 Å². The van der Waals surface area contributed by atoms with E-state index in [9.17, 15) is 14.9 Å². The molecule has 2 rings (SSSR count). The van der Waals surface area contributed by atoms with E-state index in [1.165, 1.54) is 29.5 Å². The van der Waals surface area contributed by atoms with Gasteiger partial charge in [0, 0.05) is 17.1 Å². The summed E-state index contributed by atoms with van der Waals surface area (Å²) in [5, 5.41) is 24.5. The highest BCUT2D eigenvalue weighted by atomic mass is 32.1. The molecule has 0 atom stereocenters. The number of carboxylic acids is 1. The quantitative estimate of drug-likeness (QED) is 0.643. The summed E-state index contributed by atoms with van der Waals surface area (Å²) in [5.41, 5.74) is 2.24. The molecule has 8 heteroatoms. The fourth-order valence-corrected chi connectivity index (χ4v) is 2.05. The molecule has 1 aromatic heterocycles. The van der Waals surface area contributed by atoms with Crippen molar-refractivity contribution in [3.8, 4) is 0 Å². The van der Waals surface area contributed by atoms with Crippen LogP contribution in [0, 0.1) is 10.1 Å². The van der Waals surface area contributed by atoms with Crippen molar-refractivity contribution in [3.05, 3.63) is 50.5 Å². The van der Waals surface area contributed by atoms with Gasteiger partial charge in [-0.1, -0.05) is 0 Å². The summed E-state index contributed by atoms with van der Waals surface area (Å²) in [6.45, 7) is 0.431. The van der Waals surface area contributed by atoms with Crippen LogP contribution < -0.4 is 5.32 Å². The Morgan fingerprint density at radius 3 is 2.89 bits per heavy atom. The van der Waals surface area contributed by atoms with Gasteiger partial charge in [0.25, 0.3) is 5.69 Å². The lowest BCUT2D eigenvalue weighted by atomic mass is 10.1. The molecule has 0 aliphatic carbocycles. The van der Waals surface area contributed by atoms with Crippen molar-refractivity contribution in [2.75, 3.05) is 5.32 Å². The minimum Gasteiger partial charge on any atom is -0.477 e. The maximum Gasteiger partial charge on any atom is 0.342 e. The number of nitro benzene ring substituents is 1. The van der Waals surface area contributed by atoms with Crippen LogP contribution in [-0.2, 0) is 6.54 Å². The van der Waals surface area contributed by atoms with E-state index in [0.29, 0.717) is 12.2 Å². The van der Waals surface area contributed by atoms with Crippen molar-refractivity contribution in [1.29, 1.82) is 0 Å². The molecule has 19 heavy (non-hydrogen) atoms. The number of hydrogen-bond acceptors (Lipinski definition) is 6. The first-order valence-corrected chi connectivity index (χ1v) is 6.15. The number of carboxylic acid groups (broad SMARTS) is 1. The van der Waals surface area contributed by atoms with Crippen LogP contribution in [0.15, 0.2) is 29.1 Å². The molecular weight excluding hydrogens is 270 g/mol. The highest BCUT2D eigenvalue weighted by Crippen LogP contribution is 2.23. The van der Waals surface area contributed by atoms with Gasteiger partial charge >= 0.3 is 5.97 Å². The molecule has 0 radical (unpaired) electrons. The first-order valence-electron chi connectivity index (χ1n) is 5.20. The van der Waals surface area contributed by atoms with E-state index in [1.54, 1.807) is 5.51 Å². The highest BCUT2D eigenvalue weighted by Gasteiger charge is 2.19. The van der Waals surface area contributed by atoms with Crippen molar-refractivity contribution >= 4 is 28.7 Å². The van der Waals surface area contributed by atoms with Gasteiger partial charge < -0.3 is 10.4 Å². The Bertz CT molecular complexity index is 612. The molecule has 0 saturated heterocycles. The van der Waals surface area contributed by atoms with Crippen LogP contribution in [0.2, 0.25) is 0 Å². The Morgan fingerprint density at radius 1 is 1.53 bits per heavy atom. The van der Waals surface area contributed by atoms with Gasteiger partial charge in [0.05, 0.1) is 22.7 Å². The van der Waals surface area contributed by atoms with Gasteiger partial charge in [0.15, 0.2) is 0 Å². The van der Waals surface area contributed by atoms with Crippen LogP contribution in [0.25, 0.3) is 0 Å². The number of rotatable bonds is 5. The maximum atomic E-state index is 11.0. The van der Waals surface area contributed by atoms with E-state index in [1.807, 2.05) is 5.38 Å². The predicted octanol–water partition coefficient (Wildman–Crippen LogP) is 2.36. The summed E-state index contributed by atoms with van der Waals surface area (Å²) in [5.74, 6) is -1.33. The van der Waals surface area contributed by atoms with Gasteiger partial charge in [-0.25, -0.2) is 9.78 Å². The lowest BCUT2D eigenvalue weighted by molar-refractivity contribution is -0.385. The monoisotopic (exact) mass is 279 g/mol. The summed E-state index contributed by atoms with van der Waals surface area (Å²) < 4.78 is 0. The molecule has 0 bridgehead atoms. The van der Waals surface area contributed by atoms with E-state index in [-0.39, 0.29) is 5.56 Å². The fourth-order valence-electron chi connectivity index (χ4n) is 1.49. The van der Waals surface area contributed by atoms with Crippen molar-refractivity contribution in [2.24, 2.45) is 0 Å². The van der Waals surface area contributed by atoms with Gasteiger partial charge in [0.2, 0.25) is 0 Å². The standard InChI is InChI=1S/C11H9N3O4S/c15-11(16)9-3-7(1-2-10(9)14(17)18)12-4-8-5-19-6-13-8/h1-3,5-6,12H,4H2,(H,15,16). The number of nitro groups is 1. The minimum atomic E-state index is -1.33. The van der Waals surface area contributed by atoms with Crippen molar-refractivity contribution in [2.45, 2.75) is 6.54 Å². The first-order chi connectivity index (χ1) is 9.08. The first kappa shape index (κ1) is 13.0. The van der Waals surface area contributed by atoms with Gasteiger partial charge in [-0.05, 0) is 12.1 Å². The van der Waals surface area contributed by atoms with Crippen molar-refractivity contribution < 1.29 is 14.8 Å². The molecule has 2 N–H and O–H groups in total. The van der Waals surface area contributed by atoms with Crippen LogP contribution in [0.3, 0.4) is 0 Å². The number of benzene rings is 1. The summed E-state index contributed by atoms with van der Waals surface area (Å²) in [6, 6.07) is 3.89. The molecule has 1 aromatic carbocycles. The third-order valence-electron chi connectivity index (χ3n) is 2.38. The Balaban J connectivity index is 2.20. The average molecular weight is 279 g/mol. The van der Waals surface area contributed by atoms with Gasteiger partial charge in [-0.3, -0.25) is 10.1 Å². The molecular formula is C11H9N3O4S. The lowest BCUT2D eigenvalue weighted by Gasteiger charge is -2.06. The molecule has 0 saturated carbocycles. The van der Waals surface area contributed by atoms with E-state index in [4.69, 9.17) is 5.11 Å². The van der Waals surface area contributed by atoms with E-state index < -0.39 is 16.6 Å². The Kier molecular flexibility index (Phi) is 3.71. The average Bonchev–Trinajstić information content (AvgIpc) is 2.88. The molecule has 98 valence electrons. The number of aromatic nitrogens is 1.